The van der Waals surface area contributed by atoms with Crippen LogP contribution in [0.3, 0.4) is 0 Å². The highest BCUT2D eigenvalue weighted by Gasteiger charge is 2.33. The van der Waals surface area contributed by atoms with Gasteiger partial charge in [-0.3, -0.25) is 9.59 Å². The van der Waals surface area contributed by atoms with Gasteiger partial charge in [0.05, 0.1) is 38.1 Å². The number of amides is 2. The van der Waals surface area contributed by atoms with Crippen molar-refractivity contribution in [3.8, 4) is 0 Å². The van der Waals surface area contributed by atoms with E-state index in [1.165, 1.54) is 48.5 Å². The number of alkyl halides is 3. The molecule has 0 heterocycles. The Balaban J connectivity index is 0.000000206. The Bertz CT molecular complexity index is 2140. The fourth-order valence-corrected chi connectivity index (χ4v) is 5.34. The lowest BCUT2D eigenvalue weighted by Crippen LogP contribution is -2.16. The molecule has 6 rings (SSSR count). The standard InChI is InChI=1S/C20H15ClF3NO3.C19H15ClFNO3/c21-16-10-12(3-7-15(16)20(22,23)24)2-1-11-4-8-17(14(9-11)19(27)28)25-18(26)13-5-6-13;20-15-7-3-12(10-16(15)21)2-1-11-4-8-17(14(9-11)19(24)25)22-18(23)13-5-6-13/h1-4,7-10,13H,5-6H2,(H,25,26)(H,27,28);1-4,7-10,13H,5-6H2,(H,22,23)(H,24,25)/b2*2-1+. The van der Waals surface area contributed by atoms with E-state index >= 15 is 0 Å². The molecule has 0 atom stereocenters. The summed E-state index contributed by atoms with van der Waals surface area (Å²) in [5.41, 5.74) is 1.68. The summed E-state index contributed by atoms with van der Waals surface area (Å²) in [5.74, 6) is -3.27. The summed E-state index contributed by atoms with van der Waals surface area (Å²) in [6, 6.07) is 16.9. The van der Waals surface area contributed by atoms with Crippen LogP contribution in [0.1, 0.15) is 74.2 Å². The lowest BCUT2D eigenvalue weighted by molar-refractivity contribution is -0.137. The molecule has 8 nitrogen and oxygen atoms in total. The van der Waals surface area contributed by atoms with E-state index < -0.39 is 34.5 Å². The maximum Gasteiger partial charge on any atom is 0.417 e. The number of anilines is 2. The monoisotopic (exact) mass is 768 g/mol. The fourth-order valence-electron chi connectivity index (χ4n) is 4.93. The Morgan fingerprint density at radius 2 is 1.00 bits per heavy atom. The van der Waals surface area contributed by atoms with Crippen molar-refractivity contribution in [1.82, 2.24) is 0 Å². The number of benzene rings is 4. The van der Waals surface area contributed by atoms with E-state index in [2.05, 4.69) is 10.6 Å². The maximum atomic E-state index is 13.4. The van der Waals surface area contributed by atoms with Gasteiger partial charge in [-0.05, 0) is 96.5 Å². The van der Waals surface area contributed by atoms with Crippen molar-refractivity contribution in [2.24, 2.45) is 11.8 Å². The second-order valence-electron chi connectivity index (χ2n) is 12.3. The van der Waals surface area contributed by atoms with Crippen LogP contribution >= 0.6 is 23.2 Å². The number of carboxylic acids is 2. The molecule has 4 N–H and O–H groups in total. The number of halogens is 6. The first-order valence-electron chi connectivity index (χ1n) is 16.1. The van der Waals surface area contributed by atoms with Gasteiger partial charge in [-0.15, -0.1) is 0 Å². The van der Waals surface area contributed by atoms with Gasteiger partial charge < -0.3 is 20.8 Å². The molecule has 14 heteroatoms. The topological polar surface area (TPSA) is 133 Å². The summed E-state index contributed by atoms with van der Waals surface area (Å²) in [7, 11) is 0. The molecule has 274 valence electrons. The van der Waals surface area contributed by atoms with Crippen molar-refractivity contribution < 1.29 is 47.0 Å². The van der Waals surface area contributed by atoms with Crippen molar-refractivity contribution in [3.63, 3.8) is 0 Å². The quantitative estimate of drug-likeness (QED) is 0.0938. The Hall–Kier alpha value is -5.46. The second-order valence-corrected chi connectivity index (χ2v) is 13.1. The maximum absolute atomic E-state index is 13.4. The number of carboxylic acid groups (broad SMARTS) is 2. The largest absolute Gasteiger partial charge is 0.478 e. The average Bonchev–Trinajstić information content (AvgIpc) is 4.02. The zero-order valence-corrected chi connectivity index (χ0v) is 29.0. The molecule has 2 amide bonds. The van der Waals surface area contributed by atoms with Gasteiger partial charge in [-0.25, -0.2) is 14.0 Å². The zero-order valence-electron chi connectivity index (χ0n) is 27.5. The van der Waals surface area contributed by atoms with E-state index in [1.54, 1.807) is 42.5 Å². The van der Waals surface area contributed by atoms with Crippen LogP contribution in [-0.2, 0) is 15.8 Å². The number of rotatable bonds is 10. The average molecular weight is 770 g/mol. The van der Waals surface area contributed by atoms with Crippen LogP contribution in [0.5, 0.6) is 0 Å². The second kappa shape index (κ2) is 16.5. The first-order chi connectivity index (χ1) is 25.1. The van der Waals surface area contributed by atoms with Crippen LogP contribution < -0.4 is 10.6 Å². The SMILES string of the molecule is O=C(O)c1cc(/C=C/c2ccc(C(F)(F)F)c(Cl)c2)ccc1NC(=O)C1CC1.O=C(O)c1cc(/C=C/c2ccc(Cl)c(F)c2)ccc1NC(=O)C1CC1. The predicted octanol–water partition coefficient (Wildman–Crippen LogP) is 10.3. The number of carbonyl (C=O) groups excluding carboxylic acids is 2. The molecule has 4 aromatic rings. The van der Waals surface area contributed by atoms with Crippen molar-refractivity contribution in [1.29, 1.82) is 0 Å². The van der Waals surface area contributed by atoms with E-state index in [9.17, 15) is 47.0 Å². The predicted molar refractivity (Wildman–Crippen MR) is 195 cm³/mol. The highest BCUT2D eigenvalue weighted by atomic mass is 35.5. The Morgan fingerprint density at radius 3 is 1.38 bits per heavy atom. The minimum atomic E-state index is -4.53. The molecule has 2 aliphatic rings. The third-order valence-electron chi connectivity index (χ3n) is 8.14. The molecular weight excluding hydrogens is 739 g/mol. The molecule has 2 fully saturated rings. The Morgan fingerprint density at radius 1 is 0.604 bits per heavy atom. The summed E-state index contributed by atoms with van der Waals surface area (Å²) in [6.45, 7) is 0. The van der Waals surface area contributed by atoms with Crippen LogP contribution in [0.2, 0.25) is 10.0 Å². The van der Waals surface area contributed by atoms with Gasteiger partial charge in [0.1, 0.15) is 5.82 Å². The molecule has 2 saturated carbocycles. The number of nitrogens with one attached hydrogen (secondary N) is 2. The molecule has 2 aliphatic carbocycles. The molecule has 53 heavy (non-hydrogen) atoms. The lowest BCUT2D eigenvalue weighted by Gasteiger charge is -2.09. The summed E-state index contributed by atoms with van der Waals surface area (Å²) in [6.07, 6.45) is 5.14. The van der Waals surface area contributed by atoms with E-state index in [4.69, 9.17) is 23.2 Å². The number of hydrogen-bond acceptors (Lipinski definition) is 4. The van der Waals surface area contributed by atoms with E-state index in [1.807, 2.05) is 0 Å². The van der Waals surface area contributed by atoms with E-state index in [0.29, 0.717) is 22.3 Å². The van der Waals surface area contributed by atoms with Crippen LogP contribution in [0, 0.1) is 17.7 Å². The number of aromatic carboxylic acids is 2. The van der Waals surface area contributed by atoms with Crippen molar-refractivity contribution in [2.75, 3.05) is 10.6 Å². The smallest absolute Gasteiger partial charge is 0.417 e. The Labute approximate surface area is 310 Å². The molecule has 0 bridgehead atoms. The van der Waals surface area contributed by atoms with Gasteiger partial charge in [-0.2, -0.15) is 13.2 Å². The van der Waals surface area contributed by atoms with Crippen LogP contribution in [-0.4, -0.2) is 34.0 Å². The highest BCUT2D eigenvalue weighted by Crippen LogP contribution is 2.36. The minimum Gasteiger partial charge on any atom is -0.478 e. The number of carbonyl (C=O) groups is 4. The molecule has 0 radical (unpaired) electrons. The van der Waals surface area contributed by atoms with E-state index in [0.717, 1.165) is 31.7 Å². The molecule has 0 spiro atoms. The summed E-state index contributed by atoms with van der Waals surface area (Å²) >= 11 is 11.3. The minimum absolute atomic E-state index is 0.0124. The molecule has 0 unspecified atom stereocenters. The summed E-state index contributed by atoms with van der Waals surface area (Å²) < 4.78 is 51.7. The normalized spacial score (nSPS) is 14.1. The van der Waals surface area contributed by atoms with Crippen LogP contribution in [0.15, 0.2) is 72.8 Å². The van der Waals surface area contributed by atoms with Crippen molar-refractivity contribution >= 4 is 82.6 Å². The summed E-state index contributed by atoms with van der Waals surface area (Å²) in [4.78, 5) is 46.7. The van der Waals surface area contributed by atoms with Gasteiger partial charge in [0.15, 0.2) is 0 Å². The molecule has 4 aromatic carbocycles. The van der Waals surface area contributed by atoms with Gasteiger partial charge >= 0.3 is 18.1 Å². The molecule has 0 aromatic heterocycles. The third-order valence-corrected chi connectivity index (χ3v) is 8.76. The van der Waals surface area contributed by atoms with Gasteiger partial charge in [0.25, 0.3) is 0 Å². The van der Waals surface area contributed by atoms with Crippen molar-refractivity contribution in [3.05, 3.63) is 128 Å². The van der Waals surface area contributed by atoms with Crippen molar-refractivity contribution in [2.45, 2.75) is 31.9 Å². The summed E-state index contributed by atoms with van der Waals surface area (Å²) in [5, 5.41) is 23.7. The van der Waals surface area contributed by atoms with Crippen LogP contribution in [0.4, 0.5) is 28.9 Å². The van der Waals surface area contributed by atoms with E-state index in [-0.39, 0.29) is 51.2 Å². The van der Waals surface area contributed by atoms with Gasteiger partial charge in [0.2, 0.25) is 11.8 Å². The van der Waals surface area contributed by atoms with Crippen LogP contribution in [0.25, 0.3) is 24.3 Å². The fraction of sp³-hybridized carbons (Fsp3) is 0.179. The first-order valence-corrected chi connectivity index (χ1v) is 16.9. The highest BCUT2D eigenvalue weighted by molar-refractivity contribution is 6.31. The lowest BCUT2D eigenvalue weighted by atomic mass is 10.1. The molecule has 0 aliphatic heterocycles. The third kappa shape index (κ3) is 10.8. The Kier molecular flexibility index (Phi) is 12.0. The number of hydrogen-bond donors (Lipinski definition) is 4. The first kappa shape index (κ1) is 38.8. The molecule has 0 saturated heterocycles. The van der Waals surface area contributed by atoms with Gasteiger partial charge in [-0.1, -0.05) is 71.8 Å². The molecular formula is C39H30Cl2F4N2O6. The zero-order chi connectivity index (χ0) is 38.4. The van der Waals surface area contributed by atoms with Gasteiger partial charge in [0, 0.05) is 11.8 Å².